The second-order valence-electron chi connectivity index (χ2n) is 6.25. The fourth-order valence-electron chi connectivity index (χ4n) is 2.81. The molecular weight excluding hydrogens is 264 g/mol. The topological polar surface area (TPSA) is 49.3 Å². The third-order valence-electron chi connectivity index (χ3n) is 4.10. The first-order chi connectivity index (χ1) is 10.1. The number of piperidine rings is 1. The van der Waals surface area contributed by atoms with E-state index in [1.807, 2.05) is 18.3 Å². The number of aromatic nitrogens is 1. The lowest BCUT2D eigenvalue weighted by Crippen LogP contribution is -2.37. The van der Waals surface area contributed by atoms with E-state index in [1.165, 1.54) is 0 Å². The molecule has 1 aromatic heterocycles. The lowest BCUT2D eigenvalue weighted by Gasteiger charge is -2.26. The Morgan fingerprint density at radius 1 is 1.48 bits per heavy atom. The van der Waals surface area contributed by atoms with Crippen LogP contribution in [0.25, 0.3) is 0 Å². The second-order valence-corrected chi connectivity index (χ2v) is 6.25. The van der Waals surface area contributed by atoms with Crippen molar-refractivity contribution in [2.75, 3.05) is 33.7 Å². The average Bonchev–Trinajstić information content (AvgIpc) is 2.95. The zero-order chi connectivity index (χ0) is 15.2. The molecule has 1 fully saturated rings. The molecule has 0 aromatic carbocycles. The molecule has 0 spiro atoms. The number of rotatable bonds is 6. The first-order valence-corrected chi connectivity index (χ1v) is 7.91. The first-order valence-electron chi connectivity index (χ1n) is 7.91. The van der Waals surface area contributed by atoms with E-state index in [1.54, 1.807) is 0 Å². The Balaban J connectivity index is 1.94. The van der Waals surface area contributed by atoms with Crippen LogP contribution in [0.5, 0.6) is 0 Å². The lowest BCUT2D eigenvalue weighted by molar-refractivity contribution is 0.0924. The number of nitrogens with one attached hydrogen (secondary N) is 2. The van der Waals surface area contributed by atoms with Crippen LogP contribution in [0.3, 0.4) is 0 Å². The molecule has 118 valence electrons. The molecule has 0 aliphatic carbocycles. The summed E-state index contributed by atoms with van der Waals surface area (Å²) < 4.78 is 2.15. The number of hydrogen-bond acceptors (Lipinski definition) is 3. The van der Waals surface area contributed by atoms with Gasteiger partial charge in [-0.05, 0) is 72.0 Å². The summed E-state index contributed by atoms with van der Waals surface area (Å²) in [7, 11) is 4.10. The van der Waals surface area contributed by atoms with E-state index in [9.17, 15) is 4.79 Å². The highest BCUT2D eigenvalue weighted by Crippen LogP contribution is 2.21. The van der Waals surface area contributed by atoms with Gasteiger partial charge in [-0.3, -0.25) is 4.79 Å². The zero-order valence-electron chi connectivity index (χ0n) is 13.4. The number of amides is 1. The molecule has 5 heteroatoms. The van der Waals surface area contributed by atoms with Gasteiger partial charge in [0.15, 0.2) is 0 Å². The predicted octanol–water partition coefficient (Wildman–Crippen LogP) is 1.48. The van der Waals surface area contributed by atoms with Gasteiger partial charge in [0.05, 0.1) is 0 Å². The summed E-state index contributed by atoms with van der Waals surface area (Å²) in [4.78, 5) is 14.6. The average molecular weight is 292 g/mol. The summed E-state index contributed by atoms with van der Waals surface area (Å²) in [5.74, 6) is 0.0461. The van der Waals surface area contributed by atoms with Crippen LogP contribution in [0.1, 0.15) is 42.7 Å². The Labute approximate surface area is 127 Å². The van der Waals surface area contributed by atoms with E-state index in [4.69, 9.17) is 0 Å². The van der Waals surface area contributed by atoms with E-state index in [-0.39, 0.29) is 11.9 Å². The number of nitrogens with zero attached hydrogens (tertiary/aromatic N) is 2. The fourth-order valence-corrected chi connectivity index (χ4v) is 2.81. The Morgan fingerprint density at radius 3 is 2.86 bits per heavy atom. The molecule has 0 saturated carbocycles. The molecule has 21 heavy (non-hydrogen) atoms. The first kappa shape index (κ1) is 16.0. The third-order valence-corrected chi connectivity index (χ3v) is 4.10. The van der Waals surface area contributed by atoms with Gasteiger partial charge in [0, 0.05) is 18.3 Å². The zero-order valence-corrected chi connectivity index (χ0v) is 13.4. The molecule has 1 aliphatic heterocycles. The molecule has 2 heterocycles. The maximum absolute atomic E-state index is 12.5. The van der Waals surface area contributed by atoms with Gasteiger partial charge in [0.25, 0.3) is 5.91 Å². The molecular formula is C16H28N4O. The predicted molar refractivity (Wildman–Crippen MR) is 85.7 cm³/mol. The molecule has 1 aromatic rings. The molecule has 1 unspecified atom stereocenters. The van der Waals surface area contributed by atoms with Crippen LogP contribution in [0.4, 0.5) is 0 Å². The van der Waals surface area contributed by atoms with Gasteiger partial charge in [-0.1, -0.05) is 0 Å². The van der Waals surface area contributed by atoms with E-state index < -0.39 is 0 Å². The fraction of sp³-hybridized carbons (Fsp3) is 0.688. The van der Waals surface area contributed by atoms with Crippen molar-refractivity contribution in [3.05, 3.63) is 24.0 Å². The summed E-state index contributed by atoms with van der Waals surface area (Å²) in [6, 6.07) is 4.53. The Hall–Kier alpha value is -1.33. The highest BCUT2D eigenvalue weighted by molar-refractivity contribution is 5.93. The second kappa shape index (κ2) is 7.61. The van der Waals surface area contributed by atoms with Crippen LogP contribution in [-0.4, -0.2) is 55.1 Å². The van der Waals surface area contributed by atoms with Crippen LogP contribution >= 0.6 is 0 Å². The smallest absolute Gasteiger partial charge is 0.268 e. The number of hydrogen-bond donors (Lipinski definition) is 2. The van der Waals surface area contributed by atoms with Crippen molar-refractivity contribution in [1.82, 2.24) is 20.1 Å². The summed E-state index contributed by atoms with van der Waals surface area (Å²) in [6.07, 6.45) is 5.18. The normalized spacial score (nSPS) is 17.9. The van der Waals surface area contributed by atoms with E-state index in [0.717, 1.165) is 44.6 Å². The van der Waals surface area contributed by atoms with Crippen molar-refractivity contribution in [3.8, 4) is 0 Å². The molecule has 1 amide bonds. The Kier molecular flexibility index (Phi) is 5.82. The quantitative estimate of drug-likeness (QED) is 0.835. The van der Waals surface area contributed by atoms with E-state index in [2.05, 4.69) is 41.1 Å². The van der Waals surface area contributed by atoms with Crippen molar-refractivity contribution in [2.45, 2.75) is 38.3 Å². The molecule has 5 nitrogen and oxygen atoms in total. The maximum atomic E-state index is 12.5. The summed E-state index contributed by atoms with van der Waals surface area (Å²) in [5, 5.41) is 6.48. The minimum atomic E-state index is 0.0461. The van der Waals surface area contributed by atoms with Crippen LogP contribution in [0, 0.1) is 0 Å². The third kappa shape index (κ3) is 4.58. The van der Waals surface area contributed by atoms with Crippen molar-refractivity contribution in [3.63, 3.8) is 0 Å². The Bertz CT molecular complexity index is 449. The molecule has 2 rings (SSSR count). The minimum Gasteiger partial charge on any atom is -0.348 e. The van der Waals surface area contributed by atoms with Gasteiger partial charge >= 0.3 is 0 Å². The van der Waals surface area contributed by atoms with Crippen LogP contribution in [0.2, 0.25) is 0 Å². The molecule has 2 N–H and O–H groups in total. The molecule has 1 aliphatic rings. The molecule has 1 saturated heterocycles. The van der Waals surface area contributed by atoms with Gasteiger partial charge in [-0.25, -0.2) is 0 Å². The van der Waals surface area contributed by atoms with E-state index in [0.29, 0.717) is 6.04 Å². The maximum Gasteiger partial charge on any atom is 0.268 e. The molecule has 0 bridgehead atoms. The highest BCUT2D eigenvalue weighted by atomic mass is 16.2. The largest absolute Gasteiger partial charge is 0.348 e. The minimum absolute atomic E-state index is 0.0461. The summed E-state index contributed by atoms with van der Waals surface area (Å²) in [6.45, 7) is 5.11. The SMILES string of the molecule is CC(CCN(C)C)NC(=O)c1cccn1C1CCNCC1. The van der Waals surface area contributed by atoms with Crippen LogP contribution in [0.15, 0.2) is 18.3 Å². The highest BCUT2D eigenvalue weighted by Gasteiger charge is 2.20. The van der Waals surface area contributed by atoms with Gasteiger partial charge in [0.1, 0.15) is 5.69 Å². The molecule has 0 radical (unpaired) electrons. The van der Waals surface area contributed by atoms with Gasteiger partial charge in [0.2, 0.25) is 0 Å². The van der Waals surface area contributed by atoms with Crippen LogP contribution in [-0.2, 0) is 0 Å². The van der Waals surface area contributed by atoms with Crippen molar-refractivity contribution >= 4 is 5.91 Å². The summed E-state index contributed by atoms with van der Waals surface area (Å²) in [5.41, 5.74) is 0.790. The molecule has 1 atom stereocenters. The standard InChI is InChI=1S/C16H28N4O/c1-13(8-12-19(2)3)18-16(21)15-5-4-11-20(15)14-6-9-17-10-7-14/h4-5,11,13-14,17H,6-10,12H2,1-3H3,(H,18,21). The number of carbonyl (C=O) groups is 1. The van der Waals surface area contributed by atoms with Crippen molar-refractivity contribution in [2.24, 2.45) is 0 Å². The van der Waals surface area contributed by atoms with Crippen molar-refractivity contribution < 1.29 is 4.79 Å². The lowest BCUT2D eigenvalue weighted by atomic mass is 10.1. The monoisotopic (exact) mass is 292 g/mol. The van der Waals surface area contributed by atoms with Gasteiger partial charge in [-0.15, -0.1) is 0 Å². The van der Waals surface area contributed by atoms with E-state index >= 15 is 0 Å². The van der Waals surface area contributed by atoms with Crippen LogP contribution < -0.4 is 10.6 Å². The van der Waals surface area contributed by atoms with Gasteiger partial charge in [-0.2, -0.15) is 0 Å². The van der Waals surface area contributed by atoms with Gasteiger partial charge < -0.3 is 20.1 Å². The van der Waals surface area contributed by atoms with Crippen molar-refractivity contribution in [1.29, 1.82) is 0 Å². The Morgan fingerprint density at radius 2 is 2.19 bits per heavy atom. The summed E-state index contributed by atoms with van der Waals surface area (Å²) >= 11 is 0. The number of carbonyl (C=O) groups excluding carboxylic acids is 1.